The molecular weight excluding hydrogens is 458 g/mol. The molecule has 0 saturated heterocycles. The second-order valence-corrected chi connectivity index (χ2v) is 10.6. The van der Waals surface area contributed by atoms with E-state index in [1.54, 1.807) is 54.1 Å². The molecule has 170 valence electrons. The highest BCUT2D eigenvalue weighted by Gasteiger charge is 2.28. The molecule has 1 aromatic heterocycles. The topological polar surface area (TPSA) is 88.5 Å². The Kier molecular flexibility index (Phi) is 6.09. The van der Waals surface area contributed by atoms with Gasteiger partial charge in [0.05, 0.1) is 20.8 Å². The number of rotatable bonds is 6. The van der Waals surface area contributed by atoms with Gasteiger partial charge >= 0.3 is 4.87 Å². The zero-order valence-corrected chi connectivity index (χ0v) is 20.0. The Morgan fingerprint density at radius 2 is 1.76 bits per heavy atom. The van der Waals surface area contributed by atoms with Crippen LogP contribution in [0.5, 0.6) is 0 Å². The minimum absolute atomic E-state index is 0.0940. The summed E-state index contributed by atoms with van der Waals surface area (Å²) in [6.07, 6.45) is 0. The van der Waals surface area contributed by atoms with Crippen LogP contribution in [0.25, 0.3) is 10.2 Å². The van der Waals surface area contributed by atoms with Gasteiger partial charge in [0.2, 0.25) is 5.91 Å². The number of aryl methyl sites for hydroxylation is 3. The first-order valence-electron chi connectivity index (χ1n) is 10.2. The largest absolute Gasteiger partial charge is 0.324 e. The molecule has 1 amide bonds. The maximum Gasteiger partial charge on any atom is 0.307 e. The lowest BCUT2D eigenvalue weighted by atomic mass is 10.1. The normalized spacial score (nSPS) is 11.5. The molecular formula is C24H23N3O4S2. The zero-order chi connectivity index (χ0) is 23.8. The van der Waals surface area contributed by atoms with Gasteiger partial charge in [-0.15, -0.1) is 0 Å². The highest BCUT2D eigenvalue weighted by atomic mass is 32.2. The Morgan fingerprint density at radius 3 is 2.45 bits per heavy atom. The van der Waals surface area contributed by atoms with E-state index in [1.807, 2.05) is 26.0 Å². The maximum absolute atomic E-state index is 13.5. The second-order valence-electron chi connectivity index (χ2n) is 7.77. The minimum Gasteiger partial charge on any atom is -0.324 e. The van der Waals surface area contributed by atoms with Gasteiger partial charge in [0.15, 0.2) is 0 Å². The molecule has 0 bridgehead atoms. The zero-order valence-electron chi connectivity index (χ0n) is 18.4. The average molecular weight is 482 g/mol. The van der Waals surface area contributed by atoms with E-state index in [0.29, 0.717) is 11.4 Å². The van der Waals surface area contributed by atoms with Gasteiger partial charge in [0, 0.05) is 12.7 Å². The van der Waals surface area contributed by atoms with E-state index in [1.165, 1.54) is 12.1 Å². The molecule has 4 aromatic rings. The van der Waals surface area contributed by atoms with E-state index in [0.717, 1.165) is 37.0 Å². The van der Waals surface area contributed by atoms with Gasteiger partial charge in [-0.05, 0) is 55.8 Å². The second kappa shape index (κ2) is 8.84. The summed E-state index contributed by atoms with van der Waals surface area (Å²) in [5, 5.41) is 2.77. The third kappa shape index (κ3) is 4.55. The molecule has 0 spiro atoms. The number of aromatic nitrogens is 1. The van der Waals surface area contributed by atoms with Crippen molar-refractivity contribution in [2.45, 2.75) is 18.7 Å². The molecule has 33 heavy (non-hydrogen) atoms. The van der Waals surface area contributed by atoms with Gasteiger partial charge in [-0.3, -0.25) is 13.9 Å². The number of benzene rings is 3. The molecule has 4 rings (SSSR count). The number of fused-ring (bicyclic) bond motifs is 1. The summed E-state index contributed by atoms with van der Waals surface area (Å²) in [7, 11) is -2.29. The van der Waals surface area contributed by atoms with Gasteiger partial charge in [-0.1, -0.05) is 47.2 Å². The fourth-order valence-corrected chi connectivity index (χ4v) is 6.07. The summed E-state index contributed by atoms with van der Waals surface area (Å²) in [6.45, 7) is 3.34. The molecule has 0 unspecified atom stereocenters. The Balaban J connectivity index is 1.67. The number of amides is 1. The fourth-order valence-electron chi connectivity index (χ4n) is 3.65. The lowest BCUT2D eigenvalue weighted by Gasteiger charge is -2.26. The van der Waals surface area contributed by atoms with Gasteiger partial charge in [0.25, 0.3) is 10.0 Å². The third-order valence-corrected chi connectivity index (χ3v) is 8.08. The van der Waals surface area contributed by atoms with Crippen LogP contribution >= 0.6 is 11.3 Å². The van der Waals surface area contributed by atoms with Crippen LogP contribution in [-0.2, 0) is 21.9 Å². The monoisotopic (exact) mass is 481 g/mol. The van der Waals surface area contributed by atoms with Gasteiger partial charge in [-0.2, -0.15) is 0 Å². The fraction of sp³-hybridized carbons (Fsp3) is 0.167. The first kappa shape index (κ1) is 22.8. The Morgan fingerprint density at radius 1 is 1.03 bits per heavy atom. The van der Waals surface area contributed by atoms with E-state index in [9.17, 15) is 18.0 Å². The first-order valence-corrected chi connectivity index (χ1v) is 12.5. The summed E-state index contributed by atoms with van der Waals surface area (Å²) in [4.78, 5) is 24.9. The number of hydrogen-bond donors (Lipinski definition) is 1. The molecule has 1 heterocycles. The van der Waals surface area contributed by atoms with Crippen LogP contribution in [0.4, 0.5) is 11.4 Å². The minimum atomic E-state index is -3.98. The molecule has 0 atom stereocenters. The van der Waals surface area contributed by atoms with Gasteiger partial charge < -0.3 is 9.88 Å². The first-order chi connectivity index (χ1) is 15.7. The van der Waals surface area contributed by atoms with Crippen molar-refractivity contribution >= 4 is 48.9 Å². The Hall–Kier alpha value is -3.43. The number of hydrogen-bond acceptors (Lipinski definition) is 5. The van der Waals surface area contributed by atoms with Crippen LogP contribution in [0.1, 0.15) is 11.1 Å². The van der Waals surface area contributed by atoms with Crippen LogP contribution < -0.4 is 14.5 Å². The van der Waals surface area contributed by atoms with E-state index in [-0.39, 0.29) is 9.77 Å². The van der Waals surface area contributed by atoms with Crippen molar-refractivity contribution in [1.82, 2.24) is 4.57 Å². The van der Waals surface area contributed by atoms with Crippen molar-refractivity contribution in [2.75, 3.05) is 16.2 Å². The number of nitrogens with one attached hydrogen (secondary N) is 1. The molecule has 0 aliphatic heterocycles. The molecule has 0 aliphatic rings. The van der Waals surface area contributed by atoms with Crippen molar-refractivity contribution in [3.63, 3.8) is 0 Å². The predicted octanol–water partition coefficient (Wildman–Crippen LogP) is 4.05. The number of carbonyl (C=O) groups excluding carboxylic acids is 1. The Bertz CT molecular complexity index is 1510. The van der Waals surface area contributed by atoms with Gasteiger partial charge in [-0.25, -0.2) is 8.42 Å². The third-order valence-electron chi connectivity index (χ3n) is 5.32. The van der Waals surface area contributed by atoms with Crippen molar-refractivity contribution in [3.05, 3.63) is 87.5 Å². The molecule has 1 N–H and O–H groups in total. The van der Waals surface area contributed by atoms with Crippen molar-refractivity contribution < 1.29 is 13.2 Å². The summed E-state index contributed by atoms with van der Waals surface area (Å²) < 4.78 is 30.4. The van der Waals surface area contributed by atoms with Gasteiger partial charge in [0.1, 0.15) is 6.54 Å². The molecule has 0 fully saturated rings. The van der Waals surface area contributed by atoms with E-state index in [4.69, 9.17) is 0 Å². The SMILES string of the molecule is Cc1ccc(N(CC(=O)Nc2ccc3c(c2)sc(=O)n3C)S(=O)(=O)c2ccccc2)c(C)c1. The van der Waals surface area contributed by atoms with Crippen LogP contribution in [0.15, 0.2) is 76.4 Å². The quantitative estimate of drug-likeness (QED) is 0.450. The average Bonchev–Trinajstić information content (AvgIpc) is 3.06. The standard InChI is InChI=1S/C24H23N3O4S2/c1-16-9-11-20(17(2)13-16)27(33(30,31)19-7-5-4-6-8-19)15-23(28)25-18-10-12-21-22(14-18)32-24(29)26(21)3/h4-14H,15H2,1-3H3,(H,25,28). The number of anilines is 2. The Labute approximate surface area is 196 Å². The number of nitrogens with zero attached hydrogens (tertiary/aromatic N) is 2. The summed E-state index contributed by atoms with van der Waals surface area (Å²) in [6, 6.07) is 18.6. The molecule has 0 radical (unpaired) electrons. The lowest BCUT2D eigenvalue weighted by Crippen LogP contribution is -2.38. The van der Waals surface area contributed by atoms with E-state index >= 15 is 0 Å². The molecule has 9 heteroatoms. The van der Waals surface area contributed by atoms with Crippen molar-refractivity contribution in [1.29, 1.82) is 0 Å². The van der Waals surface area contributed by atoms with Crippen molar-refractivity contribution in [3.8, 4) is 0 Å². The molecule has 0 aliphatic carbocycles. The van der Waals surface area contributed by atoms with Crippen LogP contribution in [-0.4, -0.2) is 25.4 Å². The molecule has 7 nitrogen and oxygen atoms in total. The highest BCUT2D eigenvalue weighted by Crippen LogP contribution is 2.28. The predicted molar refractivity (Wildman–Crippen MR) is 133 cm³/mol. The van der Waals surface area contributed by atoms with Crippen molar-refractivity contribution in [2.24, 2.45) is 7.05 Å². The van der Waals surface area contributed by atoms with E-state index < -0.39 is 22.5 Å². The van der Waals surface area contributed by atoms with Crippen LogP contribution in [0.3, 0.4) is 0 Å². The maximum atomic E-state index is 13.5. The molecule has 3 aromatic carbocycles. The molecule has 0 saturated carbocycles. The summed E-state index contributed by atoms with van der Waals surface area (Å²) >= 11 is 1.09. The number of carbonyl (C=O) groups is 1. The lowest BCUT2D eigenvalue weighted by molar-refractivity contribution is -0.114. The highest BCUT2D eigenvalue weighted by molar-refractivity contribution is 7.92. The van der Waals surface area contributed by atoms with E-state index in [2.05, 4.69) is 5.32 Å². The number of sulfonamides is 1. The summed E-state index contributed by atoms with van der Waals surface area (Å²) in [5.41, 5.74) is 3.45. The smallest absolute Gasteiger partial charge is 0.307 e. The van der Waals surface area contributed by atoms with Crippen LogP contribution in [0, 0.1) is 13.8 Å². The summed E-state index contributed by atoms with van der Waals surface area (Å²) in [5.74, 6) is -0.489. The number of thiazole rings is 1. The van der Waals surface area contributed by atoms with Crippen LogP contribution in [0.2, 0.25) is 0 Å².